The smallest absolute Gasteiger partial charge is 0.245 e. The second kappa shape index (κ2) is 8.08. The summed E-state index contributed by atoms with van der Waals surface area (Å²) in [6, 6.07) is 8.19. The zero-order chi connectivity index (χ0) is 23.2. The van der Waals surface area contributed by atoms with Crippen molar-refractivity contribution in [2.75, 3.05) is 23.4 Å². The first-order chi connectivity index (χ1) is 15.8. The van der Waals surface area contributed by atoms with Gasteiger partial charge in [0.05, 0.1) is 30.2 Å². The summed E-state index contributed by atoms with van der Waals surface area (Å²) in [6.07, 6.45) is 4.78. The number of hydrogen-bond donors (Lipinski definition) is 2. The van der Waals surface area contributed by atoms with Crippen molar-refractivity contribution in [3.05, 3.63) is 54.1 Å². The lowest BCUT2D eigenvalue weighted by atomic mass is 9.86. The highest BCUT2D eigenvalue weighted by Gasteiger charge is 2.34. The predicted molar refractivity (Wildman–Crippen MR) is 123 cm³/mol. The number of nitrogens with one attached hydrogen (secondary N) is 1. The third-order valence-corrected chi connectivity index (χ3v) is 6.06. The van der Waals surface area contributed by atoms with Crippen molar-refractivity contribution in [3.8, 4) is 17.0 Å². The van der Waals surface area contributed by atoms with E-state index in [9.17, 15) is 9.18 Å². The Bertz CT molecular complexity index is 1210. The van der Waals surface area contributed by atoms with Crippen LogP contribution >= 0.6 is 0 Å². The number of rotatable bonds is 4. The van der Waals surface area contributed by atoms with Gasteiger partial charge in [0.2, 0.25) is 11.9 Å². The van der Waals surface area contributed by atoms with Gasteiger partial charge in [-0.15, -0.1) is 0 Å². The molecule has 2 aliphatic rings. The first-order valence-electron chi connectivity index (χ1n) is 10.9. The lowest BCUT2D eigenvalue weighted by Crippen LogP contribution is -2.48. The molecule has 33 heavy (non-hydrogen) atoms. The van der Waals surface area contributed by atoms with Gasteiger partial charge in [0.25, 0.3) is 0 Å². The Kier molecular flexibility index (Phi) is 5.20. The third-order valence-electron chi connectivity index (χ3n) is 6.06. The number of anilines is 3. The quantitative estimate of drug-likeness (QED) is 0.629. The molecule has 1 aromatic carbocycles. The molecule has 2 aromatic heterocycles. The Morgan fingerprint density at radius 3 is 2.88 bits per heavy atom. The molecule has 1 amide bonds. The minimum absolute atomic E-state index is 0.111. The number of benzene rings is 1. The van der Waals surface area contributed by atoms with Gasteiger partial charge >= 0.3 is 0 Å². The molecule has 5 rings (SSSR count). The minimum Gasteiger partial charge on any atom is -0.489 e. The fourth-order valence-corrected chi connectivity index (χ4v) is 4.18. The van der Waals surface area contributed by atoms with Crippen LogP contribution in [0.15, 0.2) is 42.7 Å². The number of fused-ring (bicyclic) bond motifs is 1. The van der Waals surface area contributed by atoms with E-state index in [0.717, 1.165) is 12.0 Å². The topological polar surface area (TPSA) is 106 Å². The number of carbonyl (C=O) groups is 1. The summed E-state index contributed by atoms with van der Waals surface area (Å²) in [6.45, 7) is 5.10. The van der Waals surface area contributed by atoms with Gasteiger partial charge in [-0.2, -0.15) is 0 Å². The van der Waals surface area contributed by atoms with E-state index in [4.69, 9.17) is 10.5 Å². The van der Waals surface area contributed by atoms with E-state index in [2.05, 4.69) is 20.3 Å². The van der Waals surface area contributed by atoms with Crippen LogP contribution in [-0.2, 0) is 10.2 Å². The van der Waals surface area contributed by atoms with Crippen molar-refractivity contribution in [2.45, 2.75) is 38.1 Å². The van der Waals surface area contributed by atoms with Gasteiger partial charge in [-0.1, -0.05) is 13.8 Å². The monoisotopic (exact) mass is 448 g/mol. The van der Waals surface area contributed by atoms with E-state index >= 15 is 0 Å². The largest absolute Gasteiger partial charge is 0.489 e. The summed E-state index contributed by atoms with van der Waals surface area (Å²) >= 11 is 0. The van der Waals surface area contributed by atoms with Crippen molar-refractivity contribution < 1.29 is 13.9 Å². The average Bonchev–Trinajstić information content (AvgIpc) is 3.11. The van der Waals surface area contributed by atoms with Crippen molar-refractivity contribution in [1.82, 2.24) is 15.0 Å². The molecular weight excluding hydrogens is 423 g/mol. The van der Waals surface area contributed by atoms with Gasteiger partial charge in [-0.25, -0.2) is 19.3 Å². The highest BCUT2D eigenvalue weighted by Crippen LogP contribution is 2.42. The van der Waals surface area contributed by atoms with Crippen LogP contribution in [0.2, 0.25) is 0 Å². The number of amides is 1. The molecule has 9 heteroatoms. The molecule has 170 valence electrons. The van der Waals surface area contributed by atoms with E-state index in [1.807, 2.05) is 19.9 Å². The maximum absolute atomic E-state index is 14.6. The number of aromatic nitrogens is 3. The maximum Gasteiger partial charge on any atom is 0.245 e. The van der Waals surface area contributed by atoms with Gasteiger partial charge in [0.15, 0.2) is 11.6 Å². The highest BCUT2D eigenvalue weighted by atomic mass is 19.1. The van der Waals surface area contributed by atoms with E-state index in [0.29, 0.717) is 54.0 Å². The molecule has 8 nitrogen and oxygen atoms in total. The Hall–Kier alpha value is -3.59. The van der Waals surface area contributed by atoms with Gasteiger partial charge in [-0.3, -0.25) is 9.69 Å². The summed E-state index contributed by atoms with van der Waals surface area (Å²) < 4.78 is 20.2. The number of nitrogens with zero attached hydrogens (tertiary/aromatic N) is 4. The highest BCUT2D eigenvalue weighted by molar-refractivity contribution is 5.97. The zero-order valence-corrected chi connectivity index (χ0v) is 18.5. The molecule has 2 aliphatic heterocycles. The lowest BCUT2D eigenvalue weighted by Gasteiger charge is -2.29. The molecule has 0 saturated carbocycles. The number of carbonyl (C=O) groups excluding carboxylic acids is 1. The Labute approximate surface area is 191 Å². The van der Waals surface area contributed by atoms with Crippen LogP contribution in [0.3, 0.4) is 0 Å². The molecule has 3 aromatic rings. The summed E-state index contributed by atoms with van der Waals surface area (Å²) in [5, 5.41) is 3.12. The molecule has 0 aliphatic carbocycles. The number of ether oxygens (including phenoxy) is 1. The van der Waals surface area contributed by atoms with Crippen LogP contribution in [0.1, 0.15) is 32.3 Å². The molecule has 1 saturated heterocycles. The SMILES string of the molecule is CC1(C)COc2c(F)cc(-c3ccnc(Nc4ccc(N5CCCC(N)C5=O)nc4)n3)cc21. The van der Waals surface area contributed by atoms with Crippen molar-refractivity contribution >= 4 is 23.4 Å². The molecular formula is C24H25FN6O2. The fourth-order valence-electron chi connectivity index (χ4n) is 4.18. The van der Waals surface area contributed by atoms with Gasteiger partial charge in [0.1, 0.15) is 5.82 Å². The van der Waals surface area contributed by atoms with Crippen LogP contribution in [0.25, 0.3) is 11.3 Å². The van der Waals surface area contributed by atoms with E-state index < -0.39 is 11.9 Å². The second-order valence-corrected chi connectivity index (χ2v) is 9.04. The number of halogens is 1. The van der Waals surface area contributed by atoms with Crippen molar-refractivity contribution in [2.24, 2.45) is 5.73 Å². The van der Waals surface area contributed by atoms with Crippen molar-refractivity contribution in [3.63, 3.8) is 0 Å². The van der Waals surface area contributed by atoms with Crippen molar-refractivity contribution in [1.29, 1.82) is 0 Å². The molecule has 1 fully saturated rings. The molecule has 4 heterocycles. The van der Waals surface area contributed by atoms with E-state index in [1.54, 1.807) is 35.5 Å². The van der Waals surface area contributed by atoms with E-state index in [-0.39, 0.29) is 11.3 Å². The number of nitrogens with two attached hydrogens (primary N) is 1. The Morgan fingerprint density at radius 2 is 2.09 bits per heavy atom. The standard InChI is InChI=1S/C24H25FN6O2/c1-24(2)13-33-21-16(24)10-14(11-17(21)25)19-7-8-27-23(30-19)29-15-5-6-20(28-12-15)31-9-3-4-18(26)22(31)32/h5-8,10-12,18H,3-4,9,13,26H2,1-2H3,(H,27,29,30). The van der Waals surface area contributed by atoms with Gasteiger partial charge in [-0.05, 0) is 43.2 Å². The van der Waals surface area contributed by atoms with E-state index in [1.165, 1.54) is 6.07 Å². The zero-order valence-electron chi connectivity index (χ0n) is 18.5. The summed E-state index contributed by atoms with van der Waals surface area (Å²) in [4.78, 5) is 27.1. The van der Waals surface area contributed by atoms with Gasteiger partial charge in [0, 0.05) is 29.3 Å². The molecule has 3 N–H and O–H groups in total. The Balaban J connectivity index is 1.37. The fraction of sp³-hybridized carbons (Fsp3) is 0.333. The lowest BCUT2D eigenvalue weighted by molar-refractivity contribution is -0.120. The molecule has 0 radical (unpaired) electrons. The predicted octanol–water partition coefficient (Wildman–Crippen LogP) is 3.55. The van der Waals surface area contributed by atoms with Crippen LogP contribution in [-0.4, -0.2) is 40.1 Å². The first kappa shape index (κ1) is 21.3. The number of pyridine rings is 1. The molecule has 0 spiro atoms. The van der Waals surface area contributed by atoms with Crippen LogP contribution in [0.4, 0.5) is 21.8 Å². The summed E-state index contributed by atoms with van der Waals surface area (Å²) in [7, 11) is 0. The number of piperidine rings is 1. The minimum atomic E-state index is -0.476. The molecule has 1 atom stereocenters. The third kappa shape index (κ3) is 4.00. The van der Waals surface area contributed by atoms with Crippen LogP contribution in [0, 0.1) is 5.82 Å². The normalized spacial score (nSPS) is 19.2. The molecule has 0 bridgehead atoms. The second-order valence-electron chi connectivity index (χ2n) is 9.04. The molecule has 1 unspecified atom stereocenters. The van der Waals surface area contributed by atoms with Gasteiger partial charge < -0.3 is 15.8 Å². The van der Waals surface area contributed by atoms with Crippen LogP contribution < -0.4 is 20.7 Å². The average molecular weight is 449 g/mol. The van der Waals surface area contributed by atoms with Crippen LogP contribution in [0.5, 0.6) is 5.75 Å². The maximum atomic E-state index is 14.6. The summed E-state index contributed by atoms with van der Waals surface area (Å²) in [5.41, 5.74) is 8.35. The Morgan fingerprint density at radius 1 is 1.24 bits per heavy atom. The number of hydrogen-bond acceptors (Lipinski definition) is 7. The summed E-state index contributed by atoms with van der Waals surface area (Å²) in [5.74, 6) is 0.729. The first-order valence-corrected chi connectivity index (χ1v) is 10.9.